The maximum absolute atomic E-state index is 14.7. The fourth-order valence-electron chi connectivity index (χ4n) is 12.5. The number of aliphatic carboxylic acids is 1. The van der Waals surface area contributed by atoms with Crippen LogP contribution >= 0.6 is 0 Å². The molecule has 0 amide bonds. The van der Waals surface area contributed by atoms with Crippen LogP contribution in [0, 0.1) is 64.1 Å². The van der Waals surface area contributed by atoms with Gasteiger partial charge in [0.15, 0.2) is 8.32 Å². The lowest BCUT2D eigenvalue weighted by Crippen LogP contribution is -2.52. The van der Waals surface area contributed by atoms with Gasteiger partial charge >= 0.3 is 35.8 Å². The number of rotatable bonds is 20. The Labute approximate surface area is 403 Å². The van der Waals surface area contributed by atoms with Crippen molar-refractivity contribution in [2.24, 2.45) is 64.1 Å². The van der Waals surface area contributed by atoms with Crippen LogP contribution in [0.3, 0.4) is 0 Å². The fraction of sp³-hybridized carbons (Fsp3) is 0.880. The largest absolute Gasteiger partial charge is 0.481 e. The second-order valence-corrected chi connectivity index (χ2v) is 39.2. The molecule has 375 valence electrons. The molecule has 1 N–H and O–H groups in total. The first kappa shape index (κ1) is 56.4. The van der Waals surface area contributed by atoms with Gasteiger partial charge in [-0.25, -0.2) is 0 Å². The van der Waals surface area contributed by atoms with Crippen molar-refractivity contribution >= 4 is 70.5 Å². The highest BCUT2D eigenvalue weighted by atomic mass is 28.4. The fourth-order valence-corrected chi connectivity index (χ4v) is 38.9. The maximum Gasteiger partial charge on any atom is 0.318 e. The van der Waals surface area contributed by atoms with Crippen LogP contribution in [0.15, 0.2) is 0 Å². The molecule has 2 heterocycles. The molecule has 0 aromatic carbocycles. The van der Waals surface area contributed by atoms with Crippen LogP contribution in [0.25, 0.3) is 0 Å². The van der Waals surface area contributed by atoms with E-state index in [1.54, 1.807) is 48.5 Å². The molecule has 0 aromatic heterocycles. The average Bonchev–Trinajstić information content (AvgIpc) is 3.82. The van der Waals surface area contributed by atoms with E-state index in [0.29, 0.717) is 31.1 Å². The molecule has 4 aliphatic rings. The molecular weight excluding hydrogens is 905 g/mol. The zero-order valence-electron chi connectivity index (χ0n) is 43.8. The zero-order valence-corrected chi connectivity index (χ0v) is 47.8. The van der Waals surface area contributed by atoms with Crippen LogP contribution in [0.5, 0.6) is 0 Å². The summed E-state index contributed by atoms with van der Waals surface area (Å²) in [5, 5.41) is 11.1. The summed E-state index contributed by atoms with van der Waals surface area (Å²) in [5.74, 6) is -7.18. The van der Waals surface area contributed by atoms with E-state index in [1.165, 1.54) is 29.6 Å². The number of hydrogen-bond donors (Lipinski definition) is 1. The van der Waals surface area contributed by atoms with Gasteiger partial charge in [0.1, 0.15) is 16.8 Å². The molecule has 16 heteroatoms. The second kappa shape index (κ2) is 21.5. The molecule has 11 atom stereocenters. The highest BCUT2D eigenvalue weighted by molar-refractivity contribution is 6.98. The summed E-state index contributed by atoms with van der Waals surface area (Å²) in [4.78, 5) is 83.2. The number of carbonyl (C=O) groups excluding carboxylic acids is 5. The molecule has 0 aromatic rings. The Balaban J connectivity index is 1.58. The van der Waals surface area contributed by atoms with Crippen molar-refractivity contribution in [3.63, 3.8) is 0 Å². The van der Waals surface area contributed by atoms with E-state index in [9.17, 15) is 33.9 Å². The quantitative estimate of drug-likeness (QED) is 0.0531. The Kier molecular flexibility index (Phi) is 18.3. The van der Waals surface area contributed by atoms with Gasteiger partial charge < -0.3 is 28.5 Å². The first-order chi connectivity index (χ1) is 30.2. The van der Waals surface area contributed by atoms with Gasteiger partial charge in [0.25, 0.3) is 0 Å². The van der Waals surface area contributed by atoms with Crippen molar-refractivity contribution in [3.05, 3.63) is 0 Å². The third kappa shape index (κ3) is 13.8. The molecule has 2 saturated heterocycles. The number of ether oxygens (including phenoxy) is 4. The molecule has 2 bridgehead atoms. The Morgan fingerprint density at radius 1 is 0.803 bits per heavy atom. The predicted octanol–water partition coefficient (Wildman–Crippen LogP) is 10.1. The summed E-state index contributed by atoms with van der Waals surface area (Å²) < 4.78 is 30.5. The van der Waals surface area contributed by atoms with Crippen LogP contribution in [0.1, 0.15) is 141 Å². The number of hydrogen-bond acceptors (Lipinski definition) is 11. The lowest BCUT2D eigenvalue weighted by molar-refractivity contribution is -0.181. The van der Waals surface area contributed by atoms with E-state index >= 15 is 0 Å². The predicted molar refractivity (Wildman–Crippen MR) is 264 cm³/mol. The van der Waals surface area contributed by atoms with Crippen LogP contribution in [-0.2, 0) is 52.1 Å². The van der Waals surface area contributed by atoms with E-state index in [-0.39, 0.29) is 57.7 Å². The summed E-state index contributed by atoms with van der Waals surface area (Å²) in [6, 6.07) is 0. The van der Waals surface area contributed by atoms with E-state index in [2.05, 4.69) is 33.1 Å². The molecule has 2 saturated carbocycles. The zero-order chi connectivity index (χ0) is 50.1. The third-order valence-electron chi connectivity index (χ3n) is 15.8. The number of carboxylic acids is 1. The van der Waals surface area contributed by atoms with E-state index in [4.69, 9.17) is 23.4 Å². The molecule has 4 rings (SSSR count). The molecular formula is C50H87O12Si4. The first-order valence-corrected chi connectivity index (χ1v) is 35.0. The van der Waals surface area contributed by atoms with Crippen LogP contribution in [0.4, 0.5) is 0 Å². The summed E-state index contributed by atoms with van der Waals surface area (Å²) in [6.07, 6.45) is 2.91. The van der Waals surface area contributed by atoms with E-state index in [0.717, 1.165) is 19.4 Å². The number of carboxylic acid groups (broad SMARTS) is 1. The summed E-state index contributed by atoms with van der Waals surface area (Å²) in [5.41, 5.74) is -0.778. The number of esters is 5. The van der Waals surface area contributed by atoms with Crippen LogP contribution in [0.2, 0.25) is 48.9 Å². The van der Waals surface area contributed by atoms with Gasteiger partial charge in [-0.1, -0.05) is 58.7 Å². The van der Waals surface area contributed by atoms with E-state index < -0.39 is 101 Å². The maximum atomic E-state index is 14.7. The van der Waals surface area contributed by atoms with Crippen molar-refractivity contribution in [3.8, 4) is 0 Å². The highest BCUT2D eigenvalue weighted by Gasteiger charge is 2.66. The van der Waals surface area contributed by atoms with Crippen molar-refractivity contribution in [1.29, 1.82) is 0 Å². The van der Waals surface area contributed by atoms with Crippen molar-refractivity contribution in [1.82, 2.24) is 0 Å². The van der Waals surface area contributed by atoms with Gasteiger partial charge in [-0.3, -0.25) is 28.8 Å². The van der Waals surface area contributed by atoms with Crippen LogP contribution in [-0.4, -0.2) is 99.0 Å². The lowest BCUT2D eigenvalue weighted by Gasteiger charge is -2.44. The van der Waals surface area contributed by atoms with Gasteiger partial charge in [0, 0.05) is 33.0 Å². The van der Waals surface area contributed by atoms with Crippen molar-refractivity contribution in [2.75, 3.05) is 6.61 Å². The van der Waals surface area contributed by atoms with Gasteiger partial charge in [-0.05, 0) is 161 Å². The topological polar surface area (TPSA) is 169 Å². The standard InChI is InChI=1S/C50H87O12Si4/c1-18-31(3)40(51)60-47(8,9)20-21-48(10,11)61-41(52)33(19-2)24-49(12,44(55)56)26-50(13,45(57)62-46(5,6)7)39-38(42(53)59-43(39)54)37-32(4)36-23-34(37)22-35(36)25-58-66(17)29-64(15)27-63(14)28-65(16)30-66/h31-39H,18-30H2,1-17H3,(H,55,56). The smallest absolute Gasteiger partial charge is 0.318 e. The minimum Gasteiger partial charge on any atom is -0.481 e. The number of carbonyl (C=O) groups is 6. The summed E-state index contributed by atoms with van der Waals surface area (Å²) in [7, 11) is -2.91. The average molecular weight is 993 g/mol. The number of cyclic esters (lactones) is 2. The number of fused-ring (bicyclic) bond motifs is 2. The van der Waals surface area contributed by atoms with Gasteiger partial charge in [-0.15, -0.1) is 0 Å². The highest BCUT2D eigenvalue weighted by Crippen LogP contribution is 2.62. The minimum atomic E-state index is -1.86. The van der Waals surface area contributed by atoms with Gasteiger partial charge in [0.05, 0.1) is 34.5 Å². The minimum absolute atomic E-state index is 0.0471. The Morgan fingerprint density at radius 2 is 1.35 bits per heavy atom. The monoisotopic (exact) mass is 992 g/mol. The normalized spacial score (nSPS) is 29.5. The summed E-state index contributed by atoms with van der Waals surface area (Å²) in [6.45, 7) is 33.9. The van der Waals surface area contributed by atoms with Crippen molar-refractivity contribution in [2.45, 2.75) is 207 Å². The Bertz CT molecular complexity index is 1760. The second-order valence-electron chi connectivity index (χ2n) is 24.6. The summed E-state index contributed by atoms with van der Waals surface area (Å²) >= 11 is 0. The van der Waals surface area contributed by atoms with Gasteiger partial charge in [-0.2, -0.15) is 0 Å². The molecule has 0 spiro atoms. The van der Waals surface area contributed by atoms with E-state index in [1.807, 2.05) is 27.7 Å². The molecule has 2 aliphatic heterocycles. The third-order valence-corrected chi connectivity index (χ3v) is 37.1. The van der Waals surface area contributed by atoms with Crippen LogP contribution < -0.4 is 0 Å². The molecule has 66 heavy (non-hydrogen) atoms. The molecule has 11 unspecified atom stereocenters. The molecule has 3 radical (unpaired) electrons. The Morgan fingerprint density at radius 3 is 1.83 bits per heavy atom. The molecule has 2 aliphatic carbocycles. The molecule has 4 fully saturated rings. The van der Waals surface area contributed by atoms with Gasteiger partial charge in [0.2, 0.25) is 0 Å². The molecule has 12 nitrogen and oxygen atoms in total. The lowest BCUT2D eigenvalue weighted by atomic mass is 9.57. The first-order valence-electron chi connectivity index (χ1n) is 24.9. The SMILES string of the molecule is CCC(C)C(=O)OC(C)(C)CCC(C)(C)OC(=O)C(CC)CC(C)(CC(C)(C(=O)OC(C)(C)C)C1C(=O)OC(=O)C1C1C2CC(CO[Si]3(C)C[Si](C)C[Si](C)C[Si](C)C3)C(C2)C1C)C(=O)O. The van der Waals surface area contributed by atoms with Crippen molar-refractivity contribution < 1.29 is 57.2 Å². The Hall–Kier alpha value is -2.15.